The second-order valence-corrected chi connectivity index (χ2v) is 23.4. The topological polar surface area (TPSA) is 165 Å². The number of ether oxygens (including phenoxy) is 1. The van der Waals surface area contributed by atoms with Gasteiger partial charge in [0.15, 0.2) is 5.78 Å². The SMILES string of the molecule is CC(C)C1=C2[C@H]3CC[C@@H]4[C@@]5(C)CC[C@H](OC(=O)[C@H]6C[C@@H](C(=O)O)C6(C)C)C(C)(C)[C@@H]5CC[C@@]4(C)[C@]3(C)CC[C@@]2(CC(=O)NCC(C)(CN)NC(=O)c2ccc(Cl)cc2)CC1=O. The summed E-state index contributed by atoms with van der Waals surface area (Å²) in [6, 6.07) is 6.64. The number of ketones is 1. The summed E-state index contributed by atoms with van der Waals surface area (Å²) < 4.78 is 6.42. The highest BCUT2D eigenvalue weighted by molar-refractivity contribution is 6.30. The number of esters is 1. The number of nitrogens with one attached hydrogen (secondary N) is 2. The molecule has 336 valence electrons. The van der Waals surface area contributed by atoms with Crippen LogP contribution in [0.5, 0.6) is 0 Å². The standard InChI is InChI=1S/C50H72ClN3O7/c1-28(2)39-34(55)24-50(25-38(56)53-27-46(7,26-52)54-41(57)29-11-13-30(51)14-12-29)22-21-48(9)31(40(39)50)15-16-36-47(8)19-18-37(45(5,6)35(47)17-20-49(36,48)10)61-43(60)33-23-32(42(58)59)44(33,3)4/h11-14,28,31-33,35-37H,15-27,52H2,1-10H3,(H,53,56)(H,54,57)(H,58,59)/t31-,32+,33-,35+,36-,37+,46?,47+,48-,49-,50+/m1/s1. The number of nitrogens with two attached hydrogens (primary N) is 1. The normalized spacial score (nSPS) is 38.1. The number of halogens is 1. The molecule has 6 aliphatic rings. The van der Waals surface area contributed by atoms with Crippen molar-refractivity contribution in [3.63, 3.8) is 0 Å². The van der Waals surface area contributed by atoms with Crippen LogP contribution < -0.4 is 16.4 Å². The minimum Gasteiger partial charge on any atom is -0.481 e. The lowest BCUT2D eigenvalue weighted by Gasteiger charge is -2.72. The minimum atomic E-state index is -0.890. The lowest BCUT2D eigenvalue weighted by Crippen LogP contribution is -2.66. The molecule has 0 bridgehead atoms. The van der Waals surface area contributed by atoms with Crippen LogP contribution in [0.25, 0.3) is 0 Å². The molecule has 6 aliphatic carbocycles. The van der Waals surface area contributed by atoms with Crippen LogP contribution >= 0.6 is 11.6 Å². The number of benzene rings is 1. The molecule has 7 rings (SSSR count). The molecule has 11 heteroatoms. The Kier molecular flexibility index (Phi) is 11.6. The third-order valence-corrected chi connectivity index (χ3v) is 19.0. The Hall–Kier alpha value is -3.24. The van der Waals surface area contributed by atoms with Crippen LogP contribution in [-0.2, 0) is 23.9 Å². The van der Waals surface area contributed by atoms with Crippen LogP contribution in [0.2, 0.25) is 5.02 Å². The van der Waals surface area contributed by atoms with Gasteiger partial charge >= 0.3 is 11.9 Å². The Morgan fingerprint density at radius 1 is 0.885 bits per heavy atom. The molecule has 0 aromatic heterocycles. The maximum absolute atomic E-state index is 14.2. The van der Waals surface area contributed by atoms with Crippen molar-refractivity contribution >= 4 is 41.1 Å². The van der Waals surface area contributed by atoms with Crippen LogP contribution in [0.1, 0.15) is 150 Å². The number of fused-ring (bicyclic) bond motifs is 7. The Labute approximate surface area is 368 Å². The molecule has 5 fully saturated rings. The molecule has 0 aliphatic heterocycles. The summed E-state index contributed by atoms with van der Waals surface area (Å²) in [4.78, 5) is 66.9. The van der Waals surface area contributed by atoms with Crippen LogP contribution in [0.4, 0.5) is 0 Å². The summed E-state index contributed by atoms with van der Waals surface area (Å²) in [6.45, 7) is 22.3. The van der Waals surface area contributed by atoms with Gasteiger partial charge < -0.3 is 26.2 Å². The van der Waals surface area contributed by atoms with E-state index in [0.717, 1.165) is 56.9 Å². The Morgan fingerprint density at radius 2 is 1.56 bits per heavy atom. The van der Waals surface area contributed by atoms with Crippen molar-refractivity contribution in [1.29, 1.82) is 0 Å². The highest BCUT2D eigenvalue weighted by Gasteiger charge is 2.70. The van der Waals surface area contributed by atoms with Gasteiger partial charge in [-0.2, -0.15) is 0 Å². The van der Waals surface area contributed by atoms with Crippen molar-refractivity contribution in [3.05, 3.63) is 46.0 Å². The number of carbonyl (C=O) groups is 5. The highest BCUT2D eigenvalue weighted by Crippen LogP contribution is 2.77. The zero-order valence-corrected chi connectivity index (χ0v) is 39.2. The summed E-state index contributed by atoms with van der Waals surface area (Å²) in [5, 5.41) is 16.4. The average Bonchev–Trinajstić information content (AvgIpc) is 3.46. The van der Waals surface area contributed by atoms with Gasteiger partial charge in [-0.25, -0.2) is 0 Å². The van der Waals surface area contributed by atoms with Gasteiger partial charge in [0.2, 0.25) is 5.91 Å². The van der Waals surface area contributed by atoms with Crippen LogP contribution in [0.15, 0.2) is 35.4 Å². The van der Waals surface area contributed by atoms with Gasteiger partial charge in [0.1, 0.15) is 6.10 Å². The second-order valence-electron chi connectivity index (χ2n) is 22.9. The molecule has 0 saturated heterocycles. The number of amides is 2. The molecular formula is C50H72ClN3O7. The maximum atomic E-state index is 14.2. The lowest BCUT2D eigenvalue weighted by molar-refractivity contribution is -0.236. The van der Waals surface area contributed by atoms with Gasteiger partial charge in [0.05, 0.1) is 17.4 Å². The summed E-state index contributed by atoms with van der Waals surface area (Å²) in [7, 11) is 0. The molecule has 5 N–H and O–H groups in total. The number of aliphatic carboxylic acids is 1. The van der Waals surface area contributed by atoms with Gasteiger partial charge in [-0.05, 0) is 140 Å². The zero-order chi connectivity index (χ0) is 44.9. The first-order valence-electron chi connectivity index (χ1n) is 23.1. The van der Waals surface area contributed by atoms with Crippen LogP contribution in [-0.4, -0.2) is 59.4 Å². The van der Waals surface area contributed by atoms with Crippen molar-refractivity contribution in [2.45, 2.75) is 152 Å². The summed E-state index contributed by atoms with van der Waals surface area (Å²) in [5.74, 6) is -1.22. The second kappa shape index (κ2) is 15.5. The van der Waals surface area contributed by atoms with E-state index in [4.69, 9.17) is 22.1 Å². The fourth-order valence-electron chi connectivity index (χ4n) is 14.9. The first-order chi connectivity index (χ1) is 28.3. The molecule has 1 aromatic carbocycles. The monoisotopic (exact) mass is 862 g/mol. The quantitative estimate of drug-likeness (QED) is 0.160. The summed E-state index contributed by atoms with van der Waals surface area (Å²) >= 11 is 6.03. The van der Waals surface area contributed by atoms with E-state index in [0.29, 0.717) is 35.3 Å². The van der Waals surface area contributed by atoms with Crippen molar-refractivity contribution < 1.29 is 33.8 Å². The number of rotatable bonds is 11. The minimum absolute atomic E-state index is 0.00291. The molecule has 2 amide bonds. The van der Waals surface area contributed by atoms with E-state index in [-0.39, 0.29) is 82.7 Å². The Balaban J connectivity index is 1.09. The number of carbonyl (C=O) groups excluding carboxylic acids is 4. The van der Waals surface area contributed by atoms with E-state index in [1.807, 2.05) is 20.8 Å². The predicted molar refractivity (Wildman–Crippen MR) is 236 cm³/mol. The Morgan fingerprint density at radius 3 is 2.16 bits per heavy atom. The van der Waals surface area contributed by atoms with Crippen molar-refractivity contribution in [1.82, 2.24) is 10.6 Å². The number of carboxylic acids is 1. The fourth-order valence-corrected chi connectivity index (χ4v) is 15.0. The molecule has 1 unspecified atom stereocenters. The molecule has 5 saturated carbocycles. The maximum Gasteiger partial charge on any atom is 0.309 e. The third-order valence-electron chi connectivity index (χ3n) is 18.8. The van der Waals surface area contributed by atoms with E-state index in [9.17, 15) is 29.1 Å². The molecule has 10 nitrogen and oxygen atoms in total. The molecule has 0 radical (unpaired) electrons. The molecule has 61 heavy (non-hydrogen) atoms. The number of carboxylic acid groups (broad SMARTS) is 1. The summed E-state index contributed by atoms with van der Waals surface area (Å²) in [5.41, 5.74) is 6.50. The van der Waals surface area contributed by atoms with E-state index < -0.39 is 34.2 Å². The van der Waals surface area contributed by atoms with Gasteiger partial charge in [-0.3, -0.25) is 24.0 Å². The predicted octanol–water partition coefficient (Wildman–Crippen LogP) is 8.93. The fraction of sp³-hybridized carbons (Fsp3) is 0.740. The van der Waals surface area contributed by atoms with E-state index in [1.165, 1.54) is 5.57 Å². The average molecular weight is 863 g/mol. The Bertz CT molecular complexity index is 2010. The van der Waals surface area contributed by atoms with Crippen molar-refractivity contribution in [2.75, 3.05) is 13.1 Å². The van der Waals surface area contributed by atoms with Crippen LogP contribution in [0, 0.1) is 68.0 Å². The van der Waals surface area contributed by atoms with Gasteiger partial charge in [-0.1, -0.05) is 79.5 Å². The zero-order valence-electron chi connectivity index (χ0n) is 38.4. The molecule has 1 aromatic rings. The number of Topliss-reactive ketones (excluding diaryl/α,β-unsaturated/α-hetero) is 1. The first kappa shape index (κ1) is 45.8. The highest BCUT2D eigenvalue weighted by atomic mass is 35.5. The smallest absolute Gasteiger partial charge is 0.309 e. The van der Waals surface area contributed by atoms with E-state index in [1.54, 1.807) is 24.3 Å². The largest absolute Gasteiger partial charge is 0.481 e. The number of hydrogen-bond donors (Lipinski definition) is 4. The van der Waals surface area contributed by atoms with E-state index in [2.05, 4.69) is 59.1 Å². The molecular weight excluding hydrogens is 790 g/mol. The first-order valence-corrected chi connectivity index (χ1v) is 23.4. The van der Waals surface area contributed by atoms with Gasteiger partial charge in [-0.15, -0.1) is 0 Å². The van der Waals surface area contributed by atoms with Gasteiger partial charge in [0.25, 0.3) is 5.91 Å². The number of hydrogen-bond acceptors (Lipinski definition) is 7. The number of allylic oxidation sites excluding steroid dienone is 2. The third kappa shape index (κ3) is 7.20. The van der Waals surface area contributed by atoms with Crippen molar-refractivity contribution in [2.24, 2.45) is 73.7 Å². The molecule has 11 atom stereocenters. The van der Waals surface area contributed by atoms with E-state index >= 15 is 0 Å². The lowest BCUT2D eigenvalue weighted by atomic mass is 9.33. The molecule has 0 spiro atoms. The van der Waals surface area contributed by atoms with Gasteiger partial charge in [0, 0.05) is 47.3 Å². The summed E-state index contributed by atoms with van der Waals surface area (Å²) in [6.07, 6.45) is 8.28. The van der Waals surface area contributed by atoms with Crippen molar-refractivity contribution in [3.8, 4) is 0 Å². The molecule has 0 heterocycles. The van der Waals surface area contributed by atoms with Crippen LogP contribution in [0.3, 0.4) is 0 Å².